The van der Waals surface area contributed by atoms with Crippen molar-refractivity contribution in [2.24, 2.45) is 4.99 Å². The van der Waals surface area contributed by atoms with Crippen molar-refractivity contribution in [3.63, 3.8) is 0 Å². The fourth-order valence-corrected chi connectivity index (χ4v) is 4.18. The SMILES string of the molecule is CC(C)c1ccc(CC2CN(C)c3ccc(Cl)cc3C(c3ccc(O)cc3)=N2)cc1. The van der Waals surface area contributed by atoms with Gasteiger partial charge >= 0.3 is 0 Å². The van der Waals surface area contributed by atoms with E-state index >= 15 is 0 Å². The van der Waals surface area contributed by atoms with E-state index in [0.29, 0.717) is 10.9 Å². The number of fused-ring (bicyclic) bond motifs is 1. The van der Waals surface area contributed by atoms with Gasteiger partial charge < -0.3 is 10.0 Å². The number of anilines is 1. The number of benzodiazepines with no additional fused rings is 1. The zero-order chi connectivity index (χ0) is 21.3. The Balaban J connectivity index is 1.74. The van der Waals surface area contributed by atoms with Crippen molar-refractivity contribution in [3.8, 4) is 5.75 Å². The van der Waals surface area contributed by atoms with Gasteiger partial charge in [-0.1, -0.05) is 49.7 Å². The van der Waals surface area contributed by atoms with Gasteiger partial charge in [-0.25, -0.2) is 0 Å². The van der Waals surface area contributed by atoms with Crippen LogP contribution in [-0.4, -0.2) is 30.5 Å². The monoisotopic (exact) mass is 418 g/mol. The molecule has 0 fully saturated rings. The summed E-state index contributed by atoms with van der Waals surface area (Å²) in [5.41, 5.74) is 6.67. The average molecular weight is 419 g/mol. The van der Waals surface area contributed by atoms with Crippen LogP contribution in [0.25, 0.3) is 0 Å². The van der Waals surface area contributed by atoms with Gasteiger partial charge in [0.15, 0.2) is 0 Å². The topological polar surface area (TPSA) is 35.8 Å². The number of phenols is 1. The van der Waals surface area contributed by atoms with Gasteiger partial charge in [0.2, 0.25) is 0 Å². The summed E-state index contributed by atoms with van der Waals surface area (Å²) in [6, 6.07) is 22.2. The van der Waals surface area contributed by atoms with Gasteiger partial charge in [0.1, 0.15) is 5.75 Å². The Hall–Kier alpha value is -2.78. The molecule has 3 nitrogen and oxygen atoms in total. The third kappa shape index (κ3) is 4.36. The van der Waals surface area contributed by atoms with Crippen molar-refractivity contribution >= 4 is 23.0 Å². The molecule has 1 atom stereocenters. The van der Waals surface area contributed by atoms with Gasteiger partial charge in [-0.2, -0.15) is 0 Å². The van der Waals surface area contributed by atoms with E-state index < -0.39 is 0 Å². The molecule has 1 aliphatic heterocycles. The van der Waals surface area contributed by atoms with E-state index in [9.17, 15) is 5.11 Å². The van der Waals surface area contributed by atoms with E-state index in [4.69, 9.17) is 16.6 Å². The van der Waals surface area contributed by atoms with Gasteiger partial charge in [0.25, 0.3) is 0 Å². The summed E-state index contributed by atoms with van der Waals surface area (Å²) in [5.74, 6) is 0.777. The standard InChI is InChI=1S/C26H27ClN2O/c1-17(2)19-6-4-18(5-7-19)14-22-16-29(3)25-13-10-21(27)15-24(25)26(28-22)20-8-11-23(30)12-9-20/h4-13,15,17,22,30H,14,16H2,1-3H3. The minimum Gasteiger partial charge on any atom is -0.508 e. The van der Waals surface area contributed by atoms with Crippen LogP contribution in [-0.2, 0) is 6.42 Å². The molecule has 0 aliphatic carbocycles. The molecule has 4 rings (SSSR count). The maximum Gasteiger partial charge on any atom is 0.115 e. The number of aromatic hydroxyl groups is 1. The molecule has 1 heterocycles. The normalized spacial score (nSPS) is 16.2. The van der Waals surface area contributed by atoms with Gasteiger partial charge in [0, 0.05) is 35.4 Å². The van der Waals surface area contributed by atoms with E-state index in [-0.39, 0.29) is 11.8 Å². The lowest BCUT2D eigenvalue weighted by molar-refractivity contribution is 0.475. The molecule has 0 spiro atoms. The molecule has 30 heavy (non-hydrogen) atoms. The summed E-state index contributed by atoms with van der Waals surface area (Å²) in [4.78, 5) is 7.46. The van der Waals surface area contributed by atoms with Gasteiger partial charge in [0.05, 0.1) is 11.8 Å². The first-order valence-corrected chi connectivity index (χ1v) is 10.8. The quantitative estimate of drug-likeness (QED) is 0.558. The second kappa shape index (κ2) is 8.53. The molecule has 0 saturated carbocycles. The summed E-state index contributed by atoms with van der Waals surface area (Å²) in [5, 5.41) is 10.4. The van der Waals surface area contributed by atoms with Crippen LogP contribution in [0.15, 0.2) is 71.7 Å². The highest BCUT2D eigenvalue weighted by Gasteiger charge is 2.23. The number of hydrogen-bond donors (Lipinski definition) is 1. The highest BCUT2D eigenvalue weighted by molar-refractivity contribution is 6.31. The maximum atomic E-state index is 9.73. The highest BCUT2D eigenvalue weighted by atomic mass is 35.5. The summed E-state index contributed by atoms with van der Waals surface area (Å²) in [7, 11) is 2.11. The Morgan fingerprint density at radius 2 is 1.73 bits per heavy atom. The Labute approximate surface area is 183 Å². The second-order valence-electron chi connectivity index (χ2n) is 8.32. The fraction of sp³-hybridized carbons (Fsp3) is 0.269. The number of rotatable bonds is 4. The van der Waals surface area contributed by atoms with Crippen molar-refractivity contribution in [2.75, 3.05) is 18.5 Å². The average Bonchev–Trinajstić information content (AvgIpc) is 2.85. The van der Waals surface area contributed by atoms with Gasteiger partial charge in [-0.3, -0.25) is 4.99 Å². The van der Waals surface area contributed by atoms with E-state index in [0.717, 1.165) is 35.5 Å². The maximum absolute atomic E-state index is 9.73. The predicted molar refractivity (Wildman–Crippen MR) is 126 cm³/mol. The molecule has 0 bridgehead atoms. The number of hydrogen-bond acceptors (Lipinski definition) is 3. The van der Waals surface area contributed by atoms with Crippen LogP contribution >= 0.6 is 11.6 Å². The lowest BCUT2D eigenvalue weighted by atomic mass is 9.98. The van der Waals surface area contributed by atoms with E-state index in [1.165, 1.54) is 11.1 Å². The number of nitrogens with zero attached hydrogens (tertiary/aromatic N) is 2. The van der Waals surface area contributed by atoms with Gasteiger partial charge in [-0.15, -0.1) is 0 Å². The Kier molecular flexibility index (Phi) is 5.83. The largest absolute Gasteiger partial charge is 0.508 e. The lowest BCUT2D eigenvalue weighted by Crippen LogP contribution is -2.28. The molecule has 1 unspecified atom stereocenters. The lowest BCUT2D eigenvalue weighted by Gasteiger charge is -2.22. The van der Waals surface area contributed by atoms with Crippen molar-refractivity contribution < 1.29 is 5.11 Å². The summed E-state index contributed by atoms with van der Waals surface area (Å²) >= 11 is 6.35. The molecular weight excluding hydrogens is 392 g/mol. The number of likely N-dealkylation sites (N-methyl/N-ethyl adjacent to an activating group) is 1. The molecule has 154 valence electrons. The Morgan fingerprint density at radius 3 is 2.40 bits per heavy atom. The number of halogens is 1. The van der Waals surface area contributed by atoms with Crippen molar-refractivity contribution in [2.45, 2.75) is 32.2 Å². The number of benzene rings is 3. The molecule has 4 heteroatoms. The van der Waals surface area contributed by atoms with E-state index in [1.807, 2.05) is 24.3 Å². The summed E-state index contributed by atoms with van der Waals surface area (Å²) in [6.07, 6.45) is 0.867. The van der Waals surface area contributed by atoms with Gasteiger partial charge in [-0.05, 0) is 65.9 Å². The molecule has 1 N–H and O–H groups in total. The first kappa shape index (κ1) is 20.5. The first-order chi connectivity index (χ1) is 14.4. The minimum atomic E-state index is 0.106. The number of aliphatic imine (C=N–C) groups is 1. The molecule has 1 aliphatic rings. The summed E-state index contributed by atoms with van der Waals surface area (Å²) in [6.45, 7) is 5.25. The van der Waals surface area contributed by atoms with Crippen LogP contribution in [0.4, 0.5) is 5.69 Å². The minimum absolute atomic E-state index is 0.106. The molecular formula is C26H27ClN2O. The van der Waals surface area contributed by atoms with Crippen LogP contribution in [0, 0.1) is 0 Å². The van der Waals surface area contributed by atoms with Crippen LogP contribution in [0.2, 0.25) is 5.02 Å². The molecule has 3 aromatic carbocycles. The van der Waals surface area contributed by atoms with E-state index in [2.05, 4.69) is 56.1 Å². The van der Waals surface area contributed by atoms with Crippen LogP contribution in [0.1, 0.15) is 42.0 Å². The van der Waals surface area contributed by atoms with E-state index in [1.54, 1.807) is 12.1 Å². The Bertz CT molecular complexity index is 1060. The van der Waals surface area contributed by atoms with Crippen LogP contribution < -0.4 is 4.90 Å². The molecule has 3 aromatic rings. The van der Waals surface area contributed by atoms with Crippen molar-refractivity contribution in [3.05, 3.63) is 94.0 Å². The summed E-state index contributed by atoms with van der Waals surface area (Å²) < 4.78 is 0. The van der Waals surface area contributed by atoms with Crippen molar-refractivity contribution in [1.82, 2.24) is 0 Å². The van der Waals surface area contributed by atoms with Crippen LogP contribution in [0.5, 0.6) is 5.75 Å². The smallest absolute Gasteiger partial charge is 0.115 e. The molecule has 0 saturated heterocycles. The highest BCUT2D eigenvalue weighted by Crippen LogP contribution is 2.31. The molecule has 0 amide bonds. The Morgan fingerprint density at radius 1 is 1.03 bits per heavy atom. The zero-order valence-corrected chi connectivity index (χ0v) is 18.4. The molecule has 0 radical (unpaired) electrons. The second-order valence-corrected chi connectivity index (χ2v) is 8.76. The predicted octanol–water partition coefficient (Wildman–Crippen LogP) is 6.07. The van der Waals surface area contributed by atoms with Crippen molar-refractivity contribution in [1.29, 1.82) is 0 Å². The first-order valence-electron chi connectivity index (χ1n) is 10.4. The van der Waals surface area contributed by atoms with Crippen LogP contribution in [0.3, 0.4) is 0 Å². The zero-order valence-electron chi connectivity index (χ0n) is 17.6. The number of phenolic OH excluding ortho intramolecular Hbond substituents is 1. The molecule has 0 aromatic heterocycles. The fourth-order valence-electron chi connectivity index (χ4n) is 4.01. The third-order valence-corrected chi connectivity index (χ3v) is 5.91. The third-order valence-electron chi connectivity index (χ3n) is 5.68.